The van der Waals surface area contributed by atoms with Crippen LogP contribution in [0, 0.1) is 11.6 Å². The molecule has 0 heterocycles. The molecule has 1 unspecified atom stereocenters. The molecule has 1 aromatic carbocycles. The van der Waals surface area contributed by atoms with Crippen LogP contribution in [0.3, 0.4) is 0 Å². The average Bonchev–Trinajstić information content (AvgIpc) is 2.39. The summed E-state index contributed by atoms with van der Waals surface area (Å²) in [5.74, 6) is -3.35. The second kappa shape index (κ2) is 7.26. The molecule has 0 aliphatic heterocycles. The van der Waals surface area contributed by atoms with Crippen LogP contribution in [0.25, 0.3) is 0 Å². The molecular formula is C15H19F2NO5. The predicted molar refractivity (Wildman–Crippen MR) is 77.4 cm³/mol. The third-order valence-electron chi connectivity index (χ3n) is 2.73. The molecule has 0 radical (unpaired) electrons. The Morgan fingerprint density at radius 1 is 1.26 bits per heavy atom. The van der Waals surface area contributed by atoms with E-state index < -0.39 is 41.8 Å². The monoisotopic (exact) mass is 331 g/mol. The molecule has 6 nitrogen and oxygen atoms in total. The summed E-state index contributed by atoms with van der Waals surface area (Å²) in [6.07, 6.45) is -1.40. The first-order chi connectivity index (χ1) is 10.5. The van der Waals surface area contributed by atoms with Crippen LogP contribution >= 0.6 is 0 Å². The third-order valence-corrected chi connectivity index (χ3v) is 2.73. The van der Waals surface area contributed by atoms with Gasteiger partial charge in [0.05, 0.1) is 7.11 Å². The van der Waals surface area contributed by atoms with E-state index in [1.54, 1.807) is 20.8 Å². The average molecular weight is 331 g/mol. The van der Waals surface area contributed by atoms with Gasteiger partial charge in [0.25, 0.3) is 0 Å². The number of halogens is 2. The van der Waals surface area contributed by atoms with Crippen LogP contribution in [-0.2, 0) is 16.0 Å². The quantitative estimate of drug-likeness (QED) is 0.866. The topological polar surface area (TPSA) is 84.9 Å². The molecule has 128 valence electrons. The number of benzene rings is 1. The fourth-order valence-electron chi connectivity index (χ4n) is 1.75. The fourth-order valence-corrected chi connectivity index (χ4v) is 1.75. The van der Waals surface area contributed by atoms with E-state index in [0.717, 1.165) is 12.1 Å². The number of amides is 1. The SMILES string of the molecule is COc1cc(F)c(CC(NC(=O)OC(C)(C)C)C(=O)O)cc1F. The smallest absolute Gasteiger partial charge is 0.408 e. The van der Waals surface area contributed by atoms with Crippen molar-refractivity contribution in [2.75, 3.05) is 7.11 Å². The van der Waals surface area contributed by atoms with Crippen molar-refractivity contribution in [2.24, 2.45) is 0 Å². The molecule has 1 aromatic rings. The number of ether oxygens (including phenoxy) is 2. The lowest BCUT2D eigenvalue weighted by atomic mass is 10.0. The molecule has 1 atom stereocenters. The Kier molecular flexibility index (Phi) is 5.89. The lowest BCUT2D eigenvalue weighted by Crippen LogP contribution is -2.44. The van der Waals surface area contributed by atoms with E-state index in [2.05, 4.69) is 10.1 Å². The summed E-state index contributed by atoms with van der Waals surface area (Å²) in [6, 6.07) is 0.185. The van der Waals surface area contributed by atoms with Crippen LogP contribution in [0.4, 0.5) is 13.6 Å². The second-order valence-electron chi connectivity index (χ2n) is 5.82. The molecule has 2 N–H and O–H groups in total. The maximum atomic E-state index is 13.9. The van der Waals surface area contributed by atoms with E-state index in [9.17, 15) is 18.4 Å². The molecule has 0 spiro atoms. The molecule has 8 heteroatoms. The lowest BCUT2D eigenvalue weighted by Gasteiger charge is -2.22. The van der Waals surface area contributed by atoms with E-state index in [0.29, 0.717) is 0 Å². The minimum Gasteiger partial charge on any atom is -0.494 e. The van der Waals surface area contributed by atoms with Gasteiger partial charge in [0.1, 0.15) is 17.5 Å². The molecule has 1 amide bonds. The summed E-state index contributed by atoms with van der Waals surface area (Å²) >= 11 is 0. The Morgan fingerprint density at radius 3 is 2.35 bits per heavy atom. The summed E-state index contributed by atoms with van der Waals surface area (Å²) in [5, 5.41) is 11.2. The number of rotatable bonds is 5. The highest BCUT2D eigenvalue weighted by molar-refractivity contribution is 5.80. The number of aliphatic carboxylic acids is 1. The molecule has 0 aromatic heterocycles. The van der Waals surface area contributed by atoms with Crippen LogP contribution in [0.5, 0.6) is 5.75 Å². The summed E-state index contributed by atoms with van der Waals surface area (Å²) in [7, 11) is 1.18. The minimum atomic E-state index is -1.47. The molecule has 0 aliphatic carbocycles. The molecular weight excluding hydrogens is 312 g/mol. The predicted octanol–water partition coefficient (Wildman–Crippen LogP) is 2.49. The maximum absolute atomic E-state index is 13.9. The zero-order valence-corrected chi connectivity index (χ0v) is 13.3. The second-order valence-corrected chi connectivity index (χ2v) is 5.82. The van der Waals surface area contributed by atoms with Crippen LogP contribution in [0.1, 0.15) is 26.3 Å². The minimum absolute atomic E-state index is 0.202. The van der Waals surface area contributed by atoms with E-state index in [4.69, 9.17) is 9.84 Å². The Morgan fingerprint density at radius 2 is 1.87 bits per heavy atom. The highest BCUT2D eigenvalue weighted by atomic mass is 19.1. The van der Waals surface area contributed by atoms with Gasteiger partial charge in [-0.1, -0.05) is 0 Å². The number of carbonyl (C=O) groups is 2. The van der Waals surface area contributed by atoms with Crippen molar-refractivity contribution < 1.29 is 33.0 Å². The fraction of sp³-hybridized carbons (Fsp3) is 0.467. The summed E-state index contributed by atoms with van der Waals surface area (Å²) in [5.41, 5.74) is -1.02. The van der Waals surface area contributed by atoms with Crippen molar-refractivity contribution in [3.05, 3.63) is 29.3 Å². The van der Waals surface area contributed by atoms with Gasteiger partial charge in [-0.15, -0.1) is 0 Å². The standard InChI is InChI=1S/C15H19F2NO5/c1-15(2,3)23-14(21)18-11(13(19)20)6-8-5-10(17)12(22-4)7-9(8)16/h5,7,11H,6H2,1-4H3,(H,18,21)(H,19,20). The van der Waals surface area contributed by atoms with Crippen LogP contribution < -0.4 is 10.1 Å². The van der Waals surface area contributed by atoms with Gasteiger partial charge in [0.2, 0.25) is 0 Å². The van der Waals surface area contributed by atoms with Crippen molar-refractivity contribution in [1.29, 1.82) is 0 Å². The Bertz CT molecular complexity index is 598. The Balaban J connectivity index is 2.91. The number of alkyl carbamates (subject to hydrolysis) is 1. The van der Waals surface area contributed by atoms with Crippen molar-refractivity contribution in [3.63, 3.8) is 0 Å². The van der Waals surface area contributed by atoms with Crippen LogP contribution in [-0.4, -0.2) is 35.9 Å². The number of carboxylic acids is 1. The van der Waals surface area contributed by atoms with E-state index >= 15 is 0 Å². The van der Waals surface area contributed by atoms with E-state index in [-0.39, 0.29) is 11.3 Å². The number of nitrogens with one attached hydrogen (secondary N) is 1. The summed E-state index contributed by atoms with van der Waals surface area (Å²) in [6.45, 7) is 4.84. The highest BCUT2D eigenvalue weighted by Gasteiger charge is 2.25. The van der Waals surface area contributed by atoms with E-state index in [1.807, 2.05) is 0 Å². The number of methoxy groups -OCH3 is 1. The zero-order chi connectivity index (χ0) is 17.8. The first-order valence-electron chi connectivity index (χ1n) is 6.77. The van der Waals surface area contributed by atoms with Gasteiger partial charge in [-0.05, 0) is 32.4 Å². The summed E-state index contributed by atoms with van der Waals surface area (Å²) in [4.78, 5) is 22.8. The maximum Gasteiger partial charge on any atom is 0.408 e. The Hall–Kier alpha value is -2.38. The zero-order valence-electron chi connectivity index (χ0n) is 13.3. The van der Waals surface area contributed by atoms with Gasteiger partial charge in [-0.3, -0.25) is 0 Å². The van der Waals surface area contributed by atoms with Crippen molar-refractivity contribution in [2.45, 2.75) is 38.8 Å². The van der Waals surface area contributed by atoms with Gasteiger partial charge < -0.3 is 19.9 Å². The van der Waals surface area contributed by atoms with Gasteiger partial charge in [-0.25, -0.2) is 18.4 Å². The Labute approximate surface area is 132 Å². The number of hydrogen-bond donors (Lipinski definition) is 2. The molecule has 23 heavy (non-hydrogen) atoms. The summed E-state index contributed by atoms with van der Waals surface area (Å²) < 4.78 is 37.1. The van der Waals surface area contributed by atoms with Crippen molar-refractivity contribution in [3.8, 4) is 5.75 Å². The number of hydrogen-bond acceptors (Lipinski definition) is 4. The lowest BCUT2D eigenvalue weighted by molar-refractivity contribution is -0.139. The molecule has 0 fully saturated rings. The first kappa shape index (κ1) is 18.7. The van der Waals surface area contributed by atoms with Gasteiger partial charge in [0, 0.05) is 12.5 Å². The first-order valence-corrected chi connectivity index (χ1v) is 6.77. The largest absolute Gasteiger partial charge is 0.494 e. The third kappa shape index (κ3) is 5.72. The van der Waals surface area contributed by atoms with Gasteiger partial charge in [-0.2, -0.15) is 0 Å². The van der Waals surface area contributed by atoms with E-state index in [1.165, 1.54) is 7.11 Å². The molecule has 0 saturated heterocycles. The molecule has 1 rings (SSSR count). The molecule has 0 saturated carbocycles. The van der Waals surface area contributed by atoms with Crippen molar-refractivity contribution >= 4 is 12.1 Å². The number of carboxylic acid groups (broad SMARTS) is 1. The number of carbonyl (C=O) groups excluding carboxylic acids is 1. The molecule has 0 aliphatic rings. The van der Waals surface area contributed by atoms with Crippen LogP contribution in [0.2, 0.25) is 0 Å². The van der Waals surface area contributed by atoms with Gasteiger partial charge >= 0.3 is 12.1 Å². The van der Waals surface area contributed by atoms with Gasteiger partial charge in [0.15, 0.2) is 11.6 Å². The highest BCUT2D eigenvalue weighted by Crippen LogP contribution is 2.22. The van der Waals surface area contributed by atoms with Crippen LogP contribution in [0.15, 0.2) is 12.1 Å². The van der Waals surface area contributed by atoms with Crippen molar-refractivity contribution in [1.82, 2.24) is 5.32 Å². The normalized spacial score (nSPS) is 12.4. The molecule has 0 bridgehead atoms.